The minimum Gasteiger partial charge on any atom is -0.372 e. The van der Waals surface area contributed by atoms with Gasteiger partial charge in [0, 0.05) is 18.8 Å². The molecule has 2 aromatic carbocycles. The molecule has 0 heterocycles. The van der Waals surface area contributed by atoms with Crippen LogP contribution in [0.25, 0.3) is 0 Å². The van der Waals surface area contributed by atoms with Crippen molar-refractivity contribution in [1.82, 2.24) is 0 Å². The second-order valence-electron chi connectivity index (χ2n) is 9.03. The van der Waals surface area contributed by atoms with Crippen LogP contribution in [0.1, 0.15) is 96.5 Å². The normalized spacial score (nSPS) is 11.3. The SMILES string of the molecule is CCCCCCCCN(CCCCCCCC)c1ccc(N=Nc2ccccc2)c(C)c1. The molecule has 3 nitrogen and oxygen atoms in total. The first kappa shape index (κ1) is 26.1. The lowest BCUT2D eigenvalue weighted by Gasteiger charge is -2.26. The molecule has 0 aliphatic carbocycles. The Morgan fingerprint density at radius 1 is 0.625 bits per heavy atom. The monoisotopic (exact) mass is 435 g/mol. The highest BCUT2D eigenvalue weighted by Crippen LogP contribution is 2.27. The summed E-state index contributed by atoms with van der Waals surface area (Å²) in [4.78, 5) is 2.60. The maximum Gasteiger partial charge on any atom is 0.0887 e. The van der Waals surface area contributed by atoms with Gasteiger partial charge in [0.1, 0.15) is 0 Å². The highest BCUT2D eigenvalue weighted by atomic mass is 15.1. The Morgan fingerprint density at radius 3 is 1.75 bits per heavy atom. The first-order valence-electron chi connectivity index (χ1n) is 13.1. The molecule has 176 valence electrons. The van der Waals surface area contributed by atoms with Gasteiger partial charge in [-0.2, -0.15) is 10.2 Å². The van der Waals surface area contributed by atoms with Gasteiger partial charge in [0.05, 0.1) is 11.4 Å². The quantitative estimate of drug-likeness (QED) is 0.179. The van der Waals surface area contributed by atoms with E-state index in [1.165, 1.54) is 88.3 Å². The van der Waals surface area contributed by atoms with E-state index in [0.717, 1.165) is 24.5 Å². The van der Waals surface area contributed by atoms with E-state index in [1.54, 1.807) is 0 Å². The summed E-state index contributed by atoms with van der Waals surface area (Å²) in [5.74, 6) is 0. The first-order valence-corrected chi connectivity index (χ1v) is 13.1. The van der Waals surface area contributed by atoms with Crippen LogP contribution in [0.3, 0.4) is 0 Å². The average Bonchev–Trinajstić information content (AvgIpc) is 2.82. The van der Waals surface area contributed by atoms with Gasteiger partial charge in [-0.15, -0.1) is 0 Å². The Morgan fingerprint density at radius 2 is 1.19 bits per heavy atom. The van der Waals surface area contributed by atoms with Crippen LogP contribution in [0.15, 0.2) is 58.8 Å². The number of hydrogen-bond donors (Lipinski definition) is 0. The standard InChI is InChI=1S/C29H45N3/c1-4-6-8-10-12-17-23-32(24-18-13-11-9-7-5-2)28-21-22-29(26(3)25-28)31-30-27-19-15-14-16-20-27/h14-16,19-22,25H,4-13,17-18,23-24H2,1-3H3. The summed E-state index contributed by atoms with van der Waals surface area (Å²) in [5, 5.41) is 8.88. The summed E-state index contributed by atoms with van der Waals surface area (Å²) in [5.41, 5.74) is 4.38. The van der Waals surface area contributed by atoms with Gasteiger partial charge in [0.15, 0.2) is 0 Å². The third-order valence-electron chi connectivity index (χ3n) is 6.14. The summed E-state index contributed by atoms with van der Waals surface area (Å²) in [7, 11) is 0. The van der Waals surface area contributed by atoms with Crippen molar-refractivity contribution in [1.29, 1.82) is 0 Å². The van der Waals surface area contributed by atoms with Crippen molar-refractivity contribution >= 4 is 17.1 Å². The summed E-state index contributed by atoms with van der Waals surface area (Å²) in [6, 6.07) is 16.6. The Balaban J connectivity index is 1.95. The highest BCUT2D eigenvalue weighted by molar-refractivity contribution is 5.57. The van der Waals surface area contributed by atoms with Crippen LogP contribution < -0.4 is 4.90 Å². The molecule has 0 saturated carbocycles. The van der Waals surface area contributed by atoms with Gasteiger partial charge >= 0.3 is 0 Å². The van der Waals surface area contributed by atoms with Gasteiger partial charge in [0.25, 0.3) is 0 Å². The second-order valence-corrected chi connectivity index (χ2v) is 9.03. The zero-order chi connectivity index (χ0) is 22.9. The lowest BCUT2D eigenvalue weighted by Crippen LogP contribution is -2.25. The van der Waals surface area contributed by atoms with E-state index in [9.17, 15) is 0 Å². The lowest BCUT2D eigenvalue weighted by molar-refractivity contribution is 0.575. The van der Waals surface area contributed by atoms with E-state index in [-0.39, 0.29) is 0 Å². The second kappa shape index (κ2) is 16.5. The molecule has 0 amide bonds. The molecule has 0 bridgehead atoms. The molecular formula is C29H45N3. The predicted octanol–water partition coefficient (Wildman–Crippen LogP) is 9.94. The van der Waals surface area contributed by atoms with E-state index in [1.807, 2.05) is 30.3 Å². The van der Waals surface area contributed by atoms with Gasteiger partial charge in [-0.25, -0.2) is 0 Å². The molecule has 0 radical (unpaired) electrons. The van der Waals surface area contributed by atoms with Crippen molar-refractivity contribution in [3.63, 3.8) is 0 Å². The van der Waals surface area contributed by atoms with Crippen molar-refractivity contribution in [3.05, 3.63) is 54.1 Å². The van der Waals surface area contributed by atoms with E-state index >= 15 is 0 Å². The molecular weight excluding hydrogens is 390 g/mol. The molecule has 2 rings (SSSR count). The van der Waals surface area contributed by atoms with Crippen LogP contribution in [-0.4, -0.2) is 13.1 Å². The molecule has 3 heteroatoms. The van der Waals surface area contributed by atoms with Crippen molar-refractivity contribution < 1.29 is 0 Å². The molecule has 0 aromatic heterocycles. The number of unbranched alkanes of at least 4 members (excludes halogenated alkanes) is 10. The molecule has 2 aromatic rings. The fraction of sp³-hybridized carbons (Fsp3) is 0.586. The smallest absolute Gasteiger partial charge is 0.0887 e. The van der Waals surface area contributed by atoms with E-state index < -0.39 is 0 Å². The number of benzene rings is 2. The van der Waals surface area contributed by atoms with Crippen molar-refractivity contribution in [2.75, 3.05) is 18.0 Å². The fourth-order valence-electron chi connectivity index (χ4n) is 4.09. The topological polar surface area (TPSA) is 28.0 Å². The molecule has 0 atom stereocenters. The van der Waals surface area contributed by atoms with Gasteiger partial charge in [-0.1, -0.05) is 96.3 Å². The van der Waals surface area contributed by atoms with E-state index in [4.69, 9.17) is 0 Å². The van der Waals surface area contributed by atoms with Crippen LogP contribution in [0.5, 0.6) is 0 Å². The number of azo groups is 1. The Hall–Kier alpha value is -2.16. The molecule has 0 fully saturated rings. The van der Waals surface area contributed by atoms with Gasteiger partial charge in [-0.05, 0) is 55.7 Å². The number of anilines is 1. The predicted molar refractivity (Wildman–Crippen MR) is 141 cm³/mol. The number of aryl methyl sites for hydroxylation is 1. The van der Waals surface area contributed by atoms with E-state index in [2.05, 4.69) is 54.1 Å². The van der Waals surface area contributed by atoms with Crippen molar-refractivity contribution in [2.45, 2.75) is 97.8 Å². The maximum atomic E-state index is 4.49. The molecule has 32 heavy (non-hydrogen) atoms. The Kier molecular flexibility index (Phi) is 13.4. The van der Waals surface area contributed by atoms with Crippen LogP contribution in [0.2, 0.25) is 0 Å². The summed E-state index contributed by atoms with van der Waals surface area (Å²) < 4.78 is 0. The minimum absolute atomic E-state index is 0.892. The first-order chi connectivity index (χ1) is 15.7. The molecule has 0 spiro atoms. The number of hydrogen-bond acceptors (Lipinski definition) is 3. The zero-order valence-electron chi connectivity index (χ0n) is 20.9. The molecule has 0 unspecified atom stereocenters. The largest absolute Gasteiger partial charge is 0.372 e. The molecule has 0 N–H and O–H groups in total. The van der Waals surface area contributed by atoms with E-state index in [0.29, 0.717) is 0 Å². The van der Waals surface area contributed by atoms with Crippen molar-refractivity contribution in [2.24, 2.45) is 10.2 Å². The van der Waals surface area contributed by atoms with Gasteiger partial charge in [0.2, 0.25) is 0 Å². The summed E-state index contributed by atoms with van der Waals surface area (Å²) >= 11 is 0. The maximum absolute atomic E-state index is 4.49. The van der Waals surface area contributed by atoms with Gasteiger partial charge < -0.3 is 4.90 Å². The zero-order valence-corrected chi connectivity index (χ0v) is 20.9. The summed E-state index contributed by atoms with van der Waals surface area (Å²) in [6.07, 6.45) is 16.1. The van der Waals surface area contributed by atoms with Crippen LogP contribution in [0.4, 0.5) is 17.1 Å². The van der Waals surface area contributed by atoms with Crippen molar-refractivity contribution in [3.8, 4) is 0 Å². The lowest BCUT2D eigenvalue weighted by atomic mass is 10.1. The number of rotatable bonds is 17. The summed E-state index contributed by atoms with van der Waals surface area (Å²) in [6.45, 7) is 9.04. The third-order valence-corrected chi connectivity index (χ3v) is 6.14. The van der Waals surface area contributed by atoms with Crippen LogP contribution >= 0.6 is 0 Å². The molecule has 0 aliphatic heterocycles. The van der Waals surface area contributed by atoms with Gasteiger partial charge in [-0.3, -0.25) is 0 Å². The number of nitrogens with zero attached hydrogens (tertiary/aromatic N) is 3. The fourth-order valence-corrected chi connectivity index (χ4v) is 4.09. The Labute approximate surface area is 197 Å². The minimum atomic E-state index is 0.892. The Bertz CT molecular complexity index is 738. The highest BCUT2D eigenvalue weighted by Gasteiger charge is 2.09. The third kappa shape index (κ3) is 10.4. The average molecular weight is 436 g/mol. The molecule has 0 saturated heterocycles. The van der Waals surface area contributed by atoms with Crippen LogP contribution in [-0.2, 0) is 0 Å². The van der Waals surface area contributed by atoms with Crippen LogP contribution in [0, 0.1) is 6.92 Å². The molecule has 0 aliphatic rings.